The predicted octanol–water partition coefficient (Wildman–Crippen LogP) is 6.64. The van der Waals surface area contributed by atoms with E-state index in [-0.39, 0.29) is 35.4 Å². The highest BCUT2D eigenvalue weighted by Gasteiger charge is 2.62. The van der Waals surface area contributed by atoms with Crippen molar-refractivity contribution in [2.45, 2.75) is 76.5 Å². The summed E-state index contributed by atoms with van der Waals surface area (Å²) in [6, 6.07) is 7.50. The maximum Gasteiger partial charge on any atom is 0.409 e. The number of fused-ring (bicyclic) bond motifs is 4. The molecule has 0 spiro atoms. The Labute approximate surface area is 203 Å². The lowest BCUT2D eigenvalue weighted by Gasteiger charge is -2.54. The van der Waals surface area contributed by atoms with Crippen LogP contribution in [0.2, 0.25) is 0 Å². The van der Waals surface area contributed by atoms with Crippen LogP contribution in [0.1, 0.15) is 80.6 Å². The van der Waals surface area contributed by atoms with Crippen molar-refractivity contribution in [2.24, 2.45) is 17.3 Å². The van der Waals surface area contributed by atoms with E-state index in [2.05, 4.69) is 0 Å². The minimum Gasteiger partial charge on any atom is -0.385 e. The lowest BCUT2D eigenvalue weighted by molar-refractivity contribution is -0.114. The number of benzene rings is 1. The van der Waals surface area contributed by atoms with Crippen molar-refractivity contribution >= 4 is 11.6 Å². The van der Waals surface area contributed by atoms with Crippen molar-refractivity contribution in [2.75, 3.05) is 0 Å². The molecule has 4 aliphatic carbocycles. The first-order valence-corrected chi connectivity index (χ1v) is 12.5. The van der Waals surface area contributed by atoms with Crippen LogP contribution in [0.4, 0.5) is 13.2 Å². The van der Waals surface area contributed by atoms with Crippen LogP contribution in [0.3, 0.4) is 0 Å². The molecule has 6 heteroatoms. The van der Waals surface area contributed by atoms with Gasteiger partial charge < -0.3 is 5.11 Å². The van der Waals surface area contributed by atoms with Gasteiger partial charge in [-0.15, -0.1) is 0 Å². The van der Waals surface area contributed by atoms with Crippen LogP contribution in [0.5, 0.6) is 0 Å². The summed E-state index contributed by atoms with van der Waals surface area (Å²) >= 11 is 0. The lowest BCUT2D eigenvalue weighted by Crippen LogP contribution is -2.50. The molecule has 0 unspecified atom stereocenters. The molecule has 0 aliphatic heterocycles. The standard InChI is InChI=1S/C29H31F3O3/c1-17(33)18-3-5-19(6-4-18)24-16-27(2)25(11-12-28(27,35)13-14-29(30,31)32)23-9-7-20-15-21(34)8-10-22(20)26(23)24/h3-6,13-15,23-25,35H,7-12,16H2,1-2H3/b14-13+/t23-,24+,25-,27-,28+/m0/s1. The molecule has 1 aromatic rings. The SMILES string of the molecule is CC(=O)c1ccc([C@H]2C[C@@]3(C)[C@@H](CC[C@@]3(O)/C=C/C(F)(F)F)[C@@H]3CCC4=CC(=O)CCC4=C32)cc1. The van der Waals surface area contributed by atoms with E-state index in [0.29, 0.717) is 37.7 Å². The molecule has 1 N–H and O–H groups in total. The van der Waals surface area contributed by atoms with Crippen LogP contribution in [0.25, 0.3) is 0 Å². The van der Waals surface area contributed by atoms with Gasteiger partial charge in [-0.3, -0.25) is 9.59 Å². The van der Waals surface area contributed by atoms with Crippen molar-refractivity contribution in [3.05, 3.63) is 70.3 Å². The molecule has 0 heterocycles. The summed E-state index contributed by atoms with van der Waals surface area (Å²) < 4.78 is 39.3. The van der Waals surface area contributed by atoms with E-state index in [0.717, 1.165) is 30.1 Å². The molecule has 186 valence electrons. The first kappa shape index (κ1) is 24.2. The van der Waals surface area contributed by atoms with Gasteiger partial charge in [0.15, 0.2) is 11.6 Å². The zero-order valence-corrected chi connectivity index (χ0v) is 20.1. The van der Waals surface area contributed by atoms with Crippen molar-refractivity contribution in [3.63, 3.8) is 0 Å². The summed E-state index contributed by atoms with van der Waals surface area (Å²) in [4.78, 5) is 24.0. The third kappa shape index (κ3) is 4.04. The number of carbonyl (C=O) groups is 2. The molecule has 35 heavy (non-hydrogen) atoms. The minimum absolute atomic E-state index is 0.0248. The summed E-state index contributed by atoms with van der Waals surface area (Å²) in [5, 5.41) is 11.6. The largest absolute Gasteiger partial charge is 0.409 e. The number of rotatable bonds is 3. The molecule has 0 bridgehead atoms. The Balaban J connectivity index is 1.64. The molecule has 0 radical (unpaired) electrons. The molecular weight excluding hydrogens is 453 g/mol. The molecule has 5 atom stereocenters. The van der Waals surface area contributed by atoms with Crippen LogP contribution >= 0.6 is 0 Å². The molecule has 0 aromatic heterocycles. The predicted molar refractivity (Wildman–Crippen MR) is 127 cm³/mol. The second-order valence-electron chi connectivity index (χ2n) is 11.0. The first-order chi connectivity index (χ1) is 16.4. The number of ketones is 2. The second kappa shape index (κ2) is 8.29. The molecule has 4 aliphatic rings. The average molecular weight is 485 g/mol. The molecule has 0 amide bonds. The Morgan fingerprint density at radius 3 is 2.49 bits per heavy atom. The van der Waals surface area contributed by atoms with Crippen LogP contribution in [0, 0.1) is 17.3 Å². The maximum absolute atomic E-state index is 13.1. The molecular formula is C29H31F3O3. The Hall–Kier alpha value is -2.47. The summed E-state index contributed by atoms with van der Waals surface area (Å²) in [5.74, 6) is 0.263. The van der Waals surface area contributed by atoms with Crippen molar-refractivity contribution in [3.8, 4) is 0 Å². The fourth-order valence-corrected chi connectivity index (χ4v) is 7.45. The van der Waals surface area contributed by atoms with Gasteiger partial charge in [0.05, 0.1) is 5.60 Å². The third-order valence-electron chi connectivity index (χ3n) is 9.22. The lowest BCUT2D eigenvalue weighted by atomic mass is 9.51. The number of Topliss-reactive ketones (excluding diaryl/α,β-unsaturated/α-hetero) is 1. The maximum atomic E-state index is 13.1. The van der Waals surface area contributed by atoms with E-state index in [1.165, 1.54) is 18.1 Å². The van der Waals surface area contributed by atoms with Gasteiger partial charge in [0, 0.05) is 29.4 Å². The molecule has 0 saturated heterocycles. The molecule has 5 rings (SSSR count). The summed E-state index contributed by atoms with van der Waals surface area (Å²) in [5.41, 5.74) is 3.00. The highest BCUT2D eigenvalue weighted by atomic mass is 19.4. The molecule has 2 saturated carbocycles. The number of allylic oxidation sites excluding steroid dienone is 5. The van der Waals surface area contributed by atoms with Crippen molar-refractivity contribution in [1.82, 2.24) is 0 Å². The number of hydrogen-bond acceptors (Lipinski definition) is 3. The van der Waals surface area contributed by atoms with Gasteiger partial charge >= 0.3 is 6.18 Å². The zero-order chi connectivity index (χ0) is 25.2. The fraction of sp³-hybridized carbons (Fsp3) is 0.517. The number of alkyl halides is 3. The quantitative estimate of drug-likeness (QED) is 0.387. The molecule has 2 fully saturated rings. The van der Waals surface area contributed by atoms with Gasteiger partial charge in [-0.1, -0.05) is 36.8 Å². The van der Waals surface area contributed by atoms with E-state index >= 15 is 0 Å². The van der Waals surface area contributed by atoms with E-state index in [1.54, 1.807) is 18.2 Å². The van der Waals surface area contributed by atoms with Gasteiger partial charge in [0.1, 0.15) is 0 Å². The summed E-state index contributed by atoms with van der Waals surface area (Å²) in [6.45, 7) is 3.48. The first-order valence-electron chi connectivity index (χ1n) is 12.5. The van der Waals surface area contributed by atoms with Crippen molar-refractivity contribution < 1.29 is 27.9 Å². The normalized spacial score (nSPS) is 35.0. The number of carbonyl (C=O) groups excluding carboxylic acids is 2. The van der Waals surface area contributed by atoms with E-state index in [9.17, 15) is 27.9 Å². The van der Waals surface area contributed by atoms with Gasteiger partial charge in [0.2, 0.25) is 0 Å². The minimum atomic E-state index is -4.48. The topological polar surface area (TPSA) is 54.4 Å². The summed E-state index contributed by atoms with van der Waals surface area (Å²) in [7, 11) is 0. The highest BCUT2D eigenvalue weighted by molar-refractivity contribution is 5.94. The molecule has 3 nitrogen and oxygen atoms in total. The summed E-state index contributed by atoms with van der Waals surface area (Å²) in [6.07, 6.45) is 2.78. The zero-order valence-electron chi connectivity index (χ0n) is 20.1. The van der Waals surface area contributed by atoms with Gasteiger partial charge in [-0.2, -0.15) is 13.2 Å². The number of halogens is 3. The Bertz CT molecular complexity index is 1160. The highest BCUT2D eigenvalue weighted by Crippen LogP contribution is 2.67. The Morgan fingerprint density at radius 1 is 1.11 bits per heavy atom. The van der Waals surface area contributed by atoms with Gasteiger partial charge in [-0.05, 0) is 86.1 Å². The number of aliphatic hydroxyl groups is 1. The van der Waals surface area contributed by atoms with Crippen molar-refractivity contribution in [1.29, 1.82) is 0 Å². The smallest absolute Gasteiger partial charge is 0.385 e. The van der Waals surface area contributed by atoms with Crippen LogP contribution in [-0.2, 0) is 4.79 Å². The van der Waals surface area contributed by atoms with E-state index in [4.69, 9.17) is 0 Å². The Morgan fingerprint density at radius 2 is 1.83 bits per heavy atom. The van der Waals surface area contributed by atoms with Gasteiger partial charge in [-0.25, -0.2) is 0 Å². The van der Waals surface area contributed by atoms with Gasteiger partial charge in [0.25, 0.3) is 0 Å². The molecule has 1 aromatic carbocycles. The van der Waals surface area contributed by atoms with Crippen LogP contribution in [0.15, 0.2) is 59.2 Å². The van der Waals surface area contributed by atoms with Crippen LogP contribution in [-0.4, -0.2) is 28.5 Å². The van der Waals surface area contributed by atoms with E-state index in [1.807, 2.05) is 19.1 Å². The number of hydrogen-bond donors (Lipinski definition) is 1. The second-order valence-corrected chi connectivity index (χ2v) is 11.0. The van der Waals surface area contributed by atoms with Crippen LogP contribution < -0.4 is 0 Å². The monoisotopic (exact) mass is 484 g/mol. The average Bonchev–Trinajstić information content (AvgIpc) is 3.07. The van der Waals surface area contributed by atoms with E-state index < -0.39 is 17.2 Å². The third-order valence-corrected chi connectivity index (χ3v) is 9.22. The fourth-order valence-electron chi connectivity index (χ4n) is 7.45. The Kier molecular flexibility index (Phi) is 5.74.